The van der Waals surface area contributed by atoms with Crippen LogP contribution >= 0.6 is 0 Å². The molecule has 0 radical (unpaired) electrons. The Hall–Kier alpha value is -2.10. The highest BCUT2D eigenvalue weighted by Gasteiger charge is 2.11. The fourth-order valence-electron chi connectivity index (χ4n) is 1.53. The first-order valence-electron chi connectivity index (χ1n) is 4.86. The summed E-state index contributed by atoms with van der Waals surface area (Å²) in [5.41, 5.74) is 6.92. The van der Waals surface area contributed by atoms with Crippen molar-refractivity contribution in [3.8, 4) is 0 Å². The van der Waals surface area contributed by atoms with Gasteiger partial charge in [-0.25, -0.2) is 4.39 Å². The molecule has 0 bridgehead atoms. The van der Waals surface area contributed by atoms with E-state index >= 15 is 0 Å². The van der Waals surface area contributed by atoms with E-state index in [4.69, 9.17) is 5.73 Å². The summed E-state index contributed by atoms with van der Waals surface area (Å²) in [5.74, 6) is -0.368. The second-order valence-corrected chi connectivity index (χ2v) is 3.50. The van der Waals surface area contributed by atoms with Gasteiger partial charge in [0.2, 0.25) is 0 Å². The summed E-state index contributed by atoms with van der Waals surface area (Å²) in [6, 6.07) is 4.54. The van der Waals surface area contributed by atoms with Gasteiger partial charge >= 0.3 is 0 Å². The normalized spacial score (nSPS) is 14.8. The number of hydrogen-bond acceptors (Lipinski definition) is 3. The van der Waals surface area contributed by atoms with E-state index in [1.165, 1.54) is 6.07 Å². The second kappa shape index (κ2) is 4.18. The third-order valence-electron chi connectivity index (χ3n) is 2.39. The van der Waals surface area contributed by atoms with Gasteiger partial charge in [0.15, 0.2) is 0 Å². The van der Waals surface area contributed by atoms with Gasteiger partial charge in [-0.05, 0) is 24.3 Å². The van der Waals surface area contributed by atoms with E-state index in [0.717, 1.165) is 6.29 Å². The molecule has 2 N–H and O–H groups in total. The van der Waals surface area contributed by atoms with E-state index in [1.54, 1.807) is 35.4 Å². The van der Waals surface area contributed by atoms with Crippen molar-refractivity contribution in [3.05, 3.63) is 47.9 Å². The Labute approximate surface area is 92.7 Å². The number of hydrogen-bond donors (Lipinski definition) is 1. The van der Waals surface area contributed by atoms with Crippen molar-refractivity contribution in [2.24, 2.45) is 0 Å². The highest BCUT2D eigenvalue weighted by molar-refractivity contribution is 5.79. The van der Waals surface area contributed by atoms with Crippen LogP contribution in [0, 0.1) is 5.82 Å². The number of aldehydes is 1. The molecule has 0 fully saturated rings. The second-order valence-electron chi connectivity index (χ2n) is 3.50. The van der Waals surface area contributed by atoms with Crippen LogP contribution in [0.1, 0.15) is 0 Å². The molecule has 0 aromatic heterocycles. The predicted octanol–water partition coefficient (Wildman–Crippen LogP) is 1.87. The highest BCUT2D eigenvalue weighted by atomic mass is 19.1. The van der Waals surface area contributed by atoms with E-state index in [9.17, 15) is 9.18 Å². The van der Waals surface area contributed by atoms with E-state index < -0.39 is 0 Å². The molecule has 0 atom stereocenters. The molecule has 0 saturated carbocycles. The maximum Gasteiger partial charge on any atom is 0.149 e. The lowest BCUT2D eigenvalue weighted by Crippen LogP contribution is -2.20. The summed E-state index contributed by atoms with van der Waals surface area (Å²) < 4.78 is 13.6. The standard InChI is InChI=1S/C12H11FN2O/c13-11-7-10(14)1-2-12(11)15-5-3-9(8-16)4-6-15/h1-5,7-8H,6,14H2. The van der Waals surface area contributed by atoms with Gasteiger partial charge in [-0.15, -0.1) is 0 Å². The summed E-state index contributed by atoms with van der Waals surface area (Å²) in [5, 5.41) is 0. The zero-order chi connectivity index (χ0) is 11.5. The Balaban J connectivity index is 2.25. The number of benzene rings is 1. The topological polar surface area (TPSA) is 46.3 Å². The Morgan fingerprint density at radius 3 is 2.81 bits per heavy atom. The minimum atomic E-state index is -0.368. The molecule has 0 aliphatic carbocycles. The third kappa shape index (κ3) is 1.95. The van der Waals surface area contributed by atoms with Crippen molar-refractivity contribution in [3.63, 3.8) is 0 Å². The van der Waals surface area contributed by atoms with E-state index in [1.807, 2.05) is 0 Å². The van der Waals surface area contributed by atoms with E-state index in [0.29, 0.717) is 23.5 Å². The molecule has 4 heteroatoms. The molecule has 82 valence electrons. The molecular formula is C12H11FN2O. The van der Waals surface area contributed by atoms with Crippen LogP contribution in [0.4, 0.5) is 15.8 Å². The minimum Gasteiger partial charge on any atom is -0.399 e. The monoisotopic (exact) mass is 218 g/mol. The molecule has 0 amide bonds. The van der Waals surface area contributed by atoms with E-state index in [-0.39, 0.29) is 5.82 Å². The molecule has 1 heterocycles. The number of nitrogens with zero attached hydrogens (tertiary/aromatic N) is 1. The fourth-order valence-corrected chi connectivity index (χ4v) is 1.53. The van der Waals surface area contributed by atoms with Gasteiger partial charge in [-0.2, -0.15) is 0 Å². The van der Waals surface area contributed by atoms with Crippen LogP contribution in [0.2, 0.25) is 0 Å². The van der Waals surface area contributed by atoms with Crippen LogP contribution in [-0.4, -0.2) is 12.8 Å². The van der Waals surface area contributed by atoms with Crippen LogP contribution in [0.3, 0.4) is 0 Å². The maximum atomic E-state index is 13.6. The average molecular weight is 218 g/mol. The quantitative estimate of drug-likeness (QED) is 0.609. The molecule has 0 saturated heterocycles. The molecule has 3 nitrogen and oxygen atoms in total. The number of nitrogen functional groups attached to an aromatic ring is 1. The molecule has 0 spiro atoms. The number of halogens is 1. The Kier molecular flexibility index (Phi) is 2.72. The zero-order valence-corrected chi connectivity index (χ0v) is 8.56. The maximum absolute atomic E-state index is 13.6. The number of anilines is 2. The van der Waals surface area contributed by atoms with Gasteiger partial charge in [0.05, 0.1) is 5.69 Å². The number of allylic oxidation sites excluding steroid dienone is 2. The van der Waals surface area contributed by atoms with Crippen LogP contribution in [-0.2, 0) is 4.79 Å². The van der Waals surface area contributed by atoms with Crippen LogP contribution < -0.4 is 10.6 Å². The first-order chi connectivity index (χ1) is 7.70. The van der Waals surface area contributed by atoms with Crippen molar-refractivity contribution in [1.82, 2.24) is 0 Å². The largest absolute Gasteiger partial charge is 0.399 e. The fraction of sp³-hybridized carbons (Fsp3) is 0.0833. The lowest BCUT2D eigenvalue weighted by molar-refractivity contribution is -0.104. The SMILES string of the molecule is Nc1ccc(N2C=CC(C=O)=CC2)c(F)c1. The summed E-state index contributed by atoms with van der Waals surface area (Å²) in [4.78, 5) is 12.2. The smallest absolute Gasteiger partial charge is 0.149 e. The van der Waals surface area contributed by atoms with Gasteiger partial charge in [0, 0.05) is 24.0 Å². The number of nitrogens with two attached hydrogens (primary N) is 1. The van der Waals surface area contributed by atoms with Gasteiger partial charge in [0.25, 0.3) is 0 Å². The third-order valence-corrected chi connectivity index (χ3v) is 2.39. The van der Waals surface area contributed by atoms with Crippen molar-refractivity contribution in [1.29, 1.82) is 0 Å². The summed E-state index contributed by atoms with van der Waals surface area (Å²) in [6.45, 7) is 0.478. The first kappa shape index (κ1) is 10.4. The molecule has 1 aromatic rings. The lowest BCUT2D eigenvalue weighted by atomic mass is 10.2. The molecule has 1 aromatic carbocycles. The zero-order valence-electron chi connectivity index (χ0n) is 8.56. The van der Waals surface area contributed by atoms with E-state index in [2.05, 4.69) is 0 Å². The Bertz CT molecular complexity index is 480. The number of carbonyl (C=O) groups excluding carboxylic acids is 1. The Morgan fingerprint density at radius 1 is 1.44 bits per heavy atom. The first-order valence-corrected chi connectivity index (χ1v) is 4.86. The summed E-state index contributed by atoms with van der Waals surface area (Å²) >= 11 is 0. The lowest BCUT2D eigenvalue weighted by Gasteiger charge is -2.22. The Morgan fingerprint density at radius 2 is 2.25 bits per heavy atom. The predicted molar refractivity (Wildman–Crippen MR) is 61.4 cm³/mol. The molecule has 0 unspecified atom stereocenters. The molecule has 1 aliphatic rings. The molecule has 16 heavy (non-hydrogen) atoms. The average Bonchev–Trinajstić information content (AvgIpc) is 2.29. The minimum absolute atomic E-state index is 0.368. The number of carbonyl (C=O) groups is 1. The van der Waals surface area contributed by atoms with Crippen molar-refractivity contribution in [2.75, 3.05) is 17.2 Å². The molecular weight excluding hydrogens is 207 g/mol. The molecule has 1 aliphatic heterocycles. The van der Waals surface area contributed by atoms with Crippen LogP contribution in [0.5, 0.6) is 0 Å². The summed E-state index contributed by atoms with van der Waals surface area (Å²) in [6.07, 6.45) is 5.83. The van der Waals surface area contributed by atoms with Crippen LogP contribution in [0.25, 0.3) is 0 Å². The van der Waals surface area contributed by atoms with Crippen LogP contribution in [0.15, 0.2) is 42.1 Å². The van der Waals surface area contributed by atoms with Crippen molar-refractivity contribution in [2.45, 2.75) is 0 Å². The summed E-state index contributed by atoms with van der Waals surface area (Å²) in [7, 11) is 0. The van der Waals surface area contributed by atoms with Crippen molar-refractivity contribution >= 4 is 17.7 Å². The van der Waals surface area contributed by atoms with Gasteiger partial charge in [-0.3, -0.25) is 4.79 Å². The molecule has 2 rings (SSSR count). The van der Waals surface area contributed by atoms with Gasteiger partial charge < -0.3 is 10.6 Å². The number of rotatable bonds is 2. The van der Waals surface area contributed by atoms with Gasteiger partial charge in [-0.1, -0.05) is 6.08 Å². The van der Waals surface area contributed by atoms with Crippen molar-refractivity contribution < 1.29 is 9.18 Å². The van der Waals surface area contributed by atoms with Gasteiger partial charge in [0.1, 0.15) is 12.1 Å². The highest BCUT2D eigenvalue weighted by Crippen LogP contribution is 2.23.